The van der Waals surface area contributed by atoms with Crippen LogP contribution in [0.15, 0.2) is 34.8 Å². The van der Waals surface area contributed by atoms with E-state index in [1.807, 2.05) is 23.9 Å². The Kier molecular flexibility index (Phi) is 5.20. The highest BCUT2D eigenvalue weighted by molar-refractivity contribution is 9.10. The number of benzene rings is 1. The highest BCUT2D eigenvalue weighted by Crippen LogP contribution is 2.37. The van der Waals surface area contributed by atoms with Crippen LogP contribution in [-0.2, 0) is 6.42 Å². The number of hydrogen-bond donors (Lipinski definition) is 0. The lowest BCUT2D eigenvalue weighted by Gasteiger charge is -2.20. The Morgan fingerprint density at radius 3 is 2.80 bits per heavy atom. The van der Waals surface area contributed by atoms with Crippen LogP contribution in [0.2, 0.25) is 0 Å². The molecule has 3 aromatic rings. The SMILES string of the molecule is O=Cc1nnc(CC2CCCSC2)c2cc(-c3ccc(Br)cc3)sc12. The zero-order valence-electron chi connectivity index (χ0n) is 13.6. The third-order valence-electron chi connectivity index (χ3n) is 4.53. The topological polar surface area (TPSA) is 42.9 Å². The van der Waals surface area contributed by atoms with Gasteiger partial charge in [-0.1, -0.05) is 28.1 Å². The quantitative estimate of drug-likeness (QED) is 0.501. The summed E-state index contributed by atoms with van der Waals surface area (Å²) in [5, 5.41) is 9.68. The fourth-order valence-electron chi connectivity index (χ4n) is 3.24. The number of aldehydes is 1. The Hall–Kier alpha value is -1.24. The minimum atomic E-state index is 0.449. The van der Waals surface area contributed by atoms with Gasteiger partial charge in [0, 0.05) is 14.7 Å². The highest BCUT2D eigenvalue weighted by Gasteiger charge is 2.19. The van der Waals surface area contributed by atoms with Crippen LogP contribution in [0.5, 0.6) is 0 Å². The first-order valence-corrected chi connectivity index (χ1v) is 11.1. The standard InChI is InChI=1S/C19H17BrN2OS2/c20-14-5-3-13(4-6-14)18-9-15-16(8-12-2-1-7-24-11-12)21-22-17(10-23)19(15)25-18/h3-6,9-10,12H,1-2,7-8,11H2. The third-order valence-corrected chi connectivity index (χ3v) is 7.55. The molecule has 2 aromatic heterocycles. The average Bonchev–Trinajstić information content (AvgIpc) is 3.09. The van der Waals surface area contributed by atoms with Gasteiger partial charge in [0.05, 0.1) is 10.4 Å². The maximum atomic E-state index is 11.4. The monoisotopic (exact) mass is 432 g/mol. The molecule has 0 spiro atoms. The van der Waals surface area contributed by atoms with Crippen molar-refractivity contribution in [2.24, 2.45) is 5.92 Å². The van der Waals surface area contributed by atoms with Gasteiger partial charge in [-0.3, -0.25) is 4.79 Å². The molecule has 3 heterocycles. The molecule has 1 aliphatic heterocycles. The van der Waals surface area contributed by atoms with E-state index in [1.165, 1.54) is 24.3 Å². The van der Waals surface area contributed by atoms with Gasteiger partial charge in [0.25, 0.3) is 0 Å². The summed E-state index contributed by atoms with van der Waals surface area (Å²) in [5.74, 6) is 3.13. The maximum absolute atomic E-state index is 11.4. The van der Waals surface area contributed by atoms with Crippen LogP contribution in [-0.4, -0.2) is 28.0 Å². The number of carbonyl (C=O) groups excluding carboxylic acids is 1. The molecule has 1 atom stereocenters. The van der Waals surface area contributed by atoms with Gasteiger partial charge in [0.15, 0.2) is 6.29 Å². The summed E-state index contributed by atoms with van der Waals surface area (Å²) in [6.07, 6.45) is 4.31. The van der Waals surface area contributed by atoms with Crippen LogP contribution >= 0.6 is 39.0 Å². The van der Waals surface area contributed by atoms with Gasteiger partial charge in [-0.2, -0.15) is 16.9 Å². The average molecular weight is 433 g/mol. The zero-order valence-corrected chi connectivity index (χ0v) is 16.8. The highest BCUT2D eigenvalue weighted by atomic mass is 79.9. The van der Waals surface area contributed by atoms with E-state index in [1.54, 1.807) is 11.3 Å². The molecule has 1 saturated heterocycles. The summed E-state index contributed by atoms with van der Waals surface area (Å²) in [5.41, 5.74) is 2.64. The lowest BCUT2D eigenvalue weighted by Crippen LogP contribution is -2.14. The molecule has 0 N–H and O–H groups in total. The molecule has 25 heavy (non-hydrogen) atoms. The molecule has 128 valence electrons. The molecular weight excluding hydrogens is 416 g/mol. The Morgan fingerprint density at radius 2 is 2.08 bits per heavy atom. The van der Waals surface area contributed by atoms with Crippen molar-refractivity contribution in [3.05, 3.63) is 46.2 Å². The molecule has 1 fully saturated rings. The Balaban J connectivity index is 1.76. The number of hydrogen-bond acceptors (Lipinski definition) is 5. The number of carbonyl (C=O) groups is 1. The summed E-state index contributed by atoms with van der Waals surface area (Å²) in [7, 11) is 0. The Labute approximate surface area is 163 Å². The molecule has 6 heteroatoms. The molecule has 4 rings (SSSR count). The number of thiophene rings is 1. The van der Waals surface area contributed by atoms with E-state index in [2.05, 4.69) is 44.3 Å². The number of thioether (sulfide) groups is 1. The molecular formula is C19H17BrN2OS2. The fourth-order valence-corrected chi connectivity index (χ4v) is 5.79. The van der Waals surface area contributed by atoms with Gasteiger partial charge < -0.3 is 0 Å². The van der Waals surface area contributed by atoms with E-state index in [-0.39, 0.29) is 0 Å². The smallest absolute Gasteiger partial charge is 0.171 e. The van der Waals surface area contributed by atoms with Crippen molar-refractivity contribution in [1.29, 1.82) is 0 Å². The molecule has 1 aromatic carbocycles. The van der Waals surface area contributed by atoms with E-state index < -0.39 is 0 Å². The van der Waals surface area contributed by atoms with Gasteiger partial charge in [0.2, 0.25) is 0 Å². The van der Waals surface area contributed by atoms with Gasteiger partial charge in [0.1, 0.15) is 5.69 Å². The van der Waals surface area contributed by atoms with Crippen molar-refractivity contribution in [2.45, 2.75) is 19.3 Å². The lowest BCUT2D eigenvalue weighted by molar-refractivity contribution is 0.112. The van der Waals surface area contributed by atoms with Crippen LogP contribution in [0.1, 0.15) is 29.0 Å². The largest absolute Gasteiger partial charge is 0.296 e. The van der Waals surface area contributed by atoms with Crippen molar-refractivity contribution in [3.63, 3.8) is 0 Å². The Bertz CT molecular complexity index is 902. The predicted octanol–water partition coefficient (Wildman–Crippen LogP) is 5.62. The second-order valence-electron chi connectivity index (χ2n) is 6.30. The number of nitrogens with zero attached hydrogens (tertiary/aromatic N) is 2. The van der Waals surface area contributed by atoms with Gasteiger partial charge in [-0.05, 0) is 60.4 Å². The van der Waals surface area contributed by atoms with Crippen molar-refractivity contribution in [2.75, 3.05) is 11.5 Å². The van der Waals surface area contributed by atoms with Crippen LogP contribution in [0.25, 0.3) is 20.5 Å². The van der Waals surface area contributed by atoms with Gasteiger partial charge in [-0.15, -0.1) is 16.4 Å². The van der Waals surface area contributed by atoms with Crippen LogP contribution in [0, 0.1) is 5.92 Å². The minimum Gasteiger partial charge on any atom is -0.296 e. The number of aromatic nitrogens is 2. The molecule has 0 aliphatic carbocycles. The molecule has 3 nitrogen and oxygen atoms in total. The van der Waals surface area contributed by atoms with Crippen LogP contribution in [0.3, 0.4) is 0 Å². The first kappa shape index (κ1) is 17.2. The fraction of sp³-hybridized carbons (Fsp3) is 0.316. The third kappa shape index (κ3) is 3.66. The number of halogens is 1. The molecule has 0 saturated carbocycles. The van der Waals surface area contributed by atoms with Crippen LogP contribution in [0.4, 0.5) is 0 Å². The summed E-state index contributed by atoms with van der Waals surface area (Å²) in [4.78, 5) is 12.6. The Morgan fingerprint density at radius 1 is 1.24 bits per heavy atom. The van der Waals surface area contributed by atoms with E-state index in [4.69, 9.17) is 0 Å². The predicted molar refractivity (Wildman–Crippen MR) is 110 cm³/mol. The maximum Gasteiger partial charge on any atom is 0.171 e. The molecule has 0 radical (unpaired) electrons. The molecule has 0 amide bonds. The first-order chi connectivity index (χ1) is 12.2. The van der Waals surface area contributed by atoms with E-state index >= 15 is 0 Å². The van der Waals surface area contributed by atoms with E-state index in [0.29, 0.717) is 11.6 Å². The number of fused-ring (bicyclic) bond motifs is 1. The molecule has 1 aliphatic rings. The summed E-state index contributed by atoms with van der Waals surface area (Å²) >= 11 is 7.14. The van der Waals surface area contributed by atoms with Gasteiger partial charge in [-0.25, -0.2) is 0 Å². The second kappa shape index (κ2) is 7.56. The summed E-state index contributed by atoms with van der Waals surface area (Å²) < 4.78 is 2.02. The van der Waals surface area contributed by atoms with Crippen molar-refractivity contribution < 1.29 is 4.79 Å². The van der Waals surface area contributed by atoms with Crippen molar-refractivity contribution in [1.82, 2.24) is 10.2 Å². The normalized spacial score (nSPS) is 17.7. The lowest BCUT2D eigenvalue weighted by atomic mass is 9.98. The minimum absolute atomic E-state index is 0.449. The second-order valence-corrected chi connectivity index (χ2v) is 9.42. The molecule has 1 unspecified atom stereocenters. The zero-order chi connectivity index (χ0) is 17.2. The molecule has 0 bridgehead atoms. The van der Waals surface area contributed by atoms with Crippen molar-refractivity contribution in [3.8, 4) is 10.4 Å². The summed E-state index contributed by atoms with van der Waals surface area (Å²) in [6, 6.07) is 10.4. The van der Waals surface area contributed by atoms with Gasteiger partial charge >= 0.3 is 0 Å². The van der Waals surface area contributed by atoms with E-state index in [9.17, 15) is 4.79 Å². The first-order valence-electron chi connectivity index (χ1n) is 8.32. The van der Waals surface area contributed by atoms with Crippen molar-refractivity contribution >= 4 is 55.4 Å². The number of rotatable bonds is 4. The summed E-state index contributed by atoms with van der Waals surface area (Å²) in [6.45, 7) is 0. The van der Waals surface area contributed by atoms with E-state index in [0.717, 1.165) is 43.4 Å². The van der Waals surface area contributed by atoms with Crippen LogP contribution < -0.4 is 0 Å².